The number of pyridine rings is 1. The van der Waals surface area contributed by atoms with Crippen LogP contribution in [-0.2, 0) is 14.1 Å². The van der Waals surface area contributed by atoms with Crippen molar-refractivity contribution >= 4 is 22.5 Å². The SMILES string of the molecule is Cn1cnc(C(c2ccc(Cl)cc2)c2ccc3c(c2)c(-c2ccccc2)cc(=O)n3C)c1. The summed E-state index contributed by atoms with van der Waals surface area (Å²) in [6.45, 7) is 0. The third-order valence-electron chi connectivity index (χ3n) is 5.91. The lowest BCUT2D eigenvalue weighted by Crippen LogP contribution is -2.16. The Labute approximate surface area is 191 Å². The van der Waals surface area contributed by atoms with Gasteiger partial charge in [0.25, 0.3) is 5.56 Å². The van der Waals surface area contributed by atoms with E-state index in [0.717, 1.165) is 38.9 Å². The number of aromatic nitrogens is 3. The van der Waals surface area contributed by atoms with Gasteiger partial charge in [0, 0.05) is 36.8 Å². The zero-order valence-electron chi connectivity index (χ0n) is 17.9. The van der Waals surface area contributed by atoms with Crippen molar-refractivity contribution in [2.24, 2.45) is 14.1 Å². The van der Waals surface area contributed by atoms with Crippen LogP contribution in [0.1, 0.15) is 22.7 Å². The fraction of sp³-hybridized carbons (Fsp3) is 0.111. The normalized spacial score (nSPS) is 12.2. The molecule has 4 nitrogen and oxygen atoms in total. The molecule has 1 unspecified atom stereocenters. The average molecular weight is 440 g/mol. The molecule has 0 saturated heterocycles. The Morgan fingerprint density at radius 3 is 2.28 bits per heavy atom. The molecule has 5 aromatic rings. The lowest BCUT2D eigenvalue weighted by atomic mass is 9.87. The van der Waals surface area contributed by atoms with Gasteiger partial charge in [0.05, 0.1) is 23.5 Å². The molecule has 2 aromatic heterocycles. The van der Waals surface area contributed by atoms with Crippen molar-refractivity contribution in [1.82, 2.24) is 14.1 Å². The average Bonchev–Trinajstić information content (AvgIpc) is 3.24. The molecule has 0 N–H and O–H groups in total. The van der Waals surface area contributed by atoms with Gasteiger partial charge in [0.2, 0.25) is 0 Å². The van der Waals surface area contributed by atoms with Crippen LogP contribution in [-0.4, -0.2) is 14.1 Å². The summed E-state index contributed by atoms with van der Waals surface area (Å²) in [4.78, 5) is 17.3. The van der Waals surface area contributed by atoms with Crippen LogP contribution in [0.5, 0.6) is 0 Å². The fourth-order valence-corrected chi connectivity index (χ4v) is 4.41. The molecule has 3 aromatic carbocycles. The maximum absolute atomic E-state index is 12.7. The van der Waals surface area contributed by atoms with E-state index in [0.29, 0.717) is 5.02 Å². The molecule has 0 aliphatic heterocycles. The Kier molecular flexibility index (Phi) is 5.16. The van der Waals surface area contributed by atoms with Crippen molar-refractivity contribution in [3.63, 3.8) is 0 Å². The van der Waals surface area contributed by atoms with E-state index in [-0.39, 0.29) is 11.5 Å². The third kappa shape index (κ3) is 3.63. The molecular formula is C27H22ClN3O. The zero-order valence-corrected chi connectivity index (χ0v) is 18.6. The van der Waals surface area contributed by atoms with Crippen LogP contribution in [0.25, 0.3) is 22.0 Å². The smallest absolute Gasteiger partial charge is 0.251 e. The van der Waals surface area contributed by atoms with E-state index in [2.05, 4.69) is 17.1 Å². The van der Waals surface area contributed by atoms with Gasteiger partial charge in [-0.1, -0.05) is 60.1 Å². The van der Waals surface area contributed by atoms with Crippen molar-refractivity contribution in [2.45, 2.75) is 5.92 Å². The van der Waals surface area contributed by atoms with E-state index in [1.54, 1.807) is 10.6 Å². The van der Waals surface area contributed by atoms with E-state index < -0.39 is 0 Å². The van der Waals surface area contributed by atoms with Crippen molar-refractivity contribution < 1.29 is 0 Å². The minimum atomic E-state index is -0.0567. The second kappa shape index (κ2) is 8.13. The highest BCUT2D eigenvalue weighted by Gasteiger charge is 2.21. The van der Waals surface area contributed by atoms with Gasteiger partial charge in [0.1, 0.15) is 0 Å². The standard InChI is InChI=1S/C27H22ClN3O/c1-30-16-24(29-17-30)27(19-8-11-21(28)12-9-19)20-10-13-25-23(14-20)22(15-26(32)31(25)2)18-6-4-3-5-7-18/h3-17,27H,1-2H3. The maximum atomic E-state index is 12.7. The second-order valence-electron chi connectivity index (χ2n) is 8.05. The lowest BCUT2D eigenvalue weighted by Gasteiger charge is -2.19. The van der Waals surface area contributed by atoms with Crippen molar-refractivity contribution in [3.8, 4) is 11.1 Å². The number of halogens is 1. The maximum Gasteiger partial charge on any atom is 0.251 e. The third-order valence-corrected chi connectivity index (χ3v) is 6.16. The number of hydrogen-bond donors (Lipinski definition) is 0. The minimum absolute atomic E-state index is 0.0249. The van der Waals surface area contributed by atoms with Gasteiger partial charge in [-0.2, -0.15) is 0 Å². The summed E-state index contributed by atoms with van der Waals surface area (Å²) in [5.74, 6) is -0.0567. The number of fused-ring (bicyclic) bond motifs is 1. The van der Waals surface area contributed by atoms with Gasteiger partial charge >= 0.3 is 0 Å². The van der Waals surface area contributed by atoms with Crippen LogP contribution in [0, 0.1) is 0 Å². The Balaban J connectivity index is 1.77. The summed E-state index contributed by atoms with van der Waals surface area (Å²) >= 11 is 6.16. The summed E-state index contributed by atoms with van der Waals surface area (Å²) in [6.07, 6.45) is 3.86. The number of hydrogen-bond acceptors (Lipinski definition) is 2. The molecule has 0 spiro atoms. The van der Waals surface area contributed by atoms with Crippen LogP contribution < -0.4 is 5.56 Å². The number of benzene rings is 3. The molecule has 158 valence electrons. The summed E-state index contributed by atoms with van der Waals surface area (Å²) in [5.41, 5.74) is 6.00. The molecule has 0 amide bonds. The minimum Gasteiger partial charge on any atom is -0.340 e. The number of aryl methyl sites for hydroxylation is 2. The van der Waals surface area contributed by atoms with Crippen LogP contribution >= 0.6 is 11.6 Å². The highest BCUT2D eigenvalue weighted by Crippen LogP contribution is 2.35. The quantitative estimate of drug-likeness (QED) is 0.356. The Morgan fingerprint density at radius 2 is 1.59 bits per heavy atom. The first-order valence-electron chi connectivity index (χ1n) is 10.4. The van der Waals surface area contributed by atoms with Gasteiger partial charge in [0.15, 0.2) is 0 Å². The molecule has 0 radical (unpaired) electrons. The number of rotatable bonds is 4. The molecule has 32 heavy (non-hydrogen) atoms. The molecule has 0 aliphatic rings. The van der Waals surface area contributed by atoms with Gasteiger partial charge in [-0.15, -0.1) is 0 Å². The van der Waals surface area contributed by atoms with E-state index in [1.807, 2.05) is 91.9 Å². The second-order valence-corrected chi connectivity index (χ2v) is 8.48. The van der Waals surface area contributed by atoms with Crippen LogP contribution in [0.2, 0.25) is 5.02 Å². The molecule has 0 bridgehead atoms. The monoisotopic (exact) mass is 439 g/mol. The predicted molar refractivity (Wildman–Crippen MR) is 130 cm³/mol. The van der Waals surface area contributed by atoms with E-state index in [4.69, 9.17) is 11.6 Å². The molecular weight excluding hydrogens is 418 g/mol. The lowest BCUT2D eigenvalue weighted by molar-refractivity contribution is 0.898. The summed E-state index contributed by atoms with van der Waals surface area (Å²) < 4.78 is 3.65. The van der Waals surface area contributed by atoms with Crippen molar-refractivity contribution in [3.05, 3.63) is 124 Å². The molecule has 0 fully saturated rings. The Bertz CT molecular complexity index is 1470. The number of nitrogens with zero attached hydrogens (tertiary/aromatic N) is 3. The topological polar surface area (TPSA) is 39.8 Å². The molecule has 5 rings (SSSR count). The summed E-state index contributed by atoms with van der Waals surface area (Å²) in [6, 6.07) is 26.0. The first kappa shape index (κ1) is 20.3. The first-order chi connectivity index (χ1) is 15.5. The zero-order chi connectivity index (χ0) is 22.2. The van der Waals surface area contributed by atoms with Crippen LogP contribution in [0.3, 0.4) is 0 Å². The fourth-order valence-electron chi connectivity index (χ4n) is 4.29. The van der Waals surface area contributed by atoms with Gasteiger partial charge < -0.3 is 9.13 Å². The first-order valence-corrected chi connectivity index (χ1v) is 10.8. The van der Waals surface area contributed by atoms with E-state index in [9.17, 15) is 4.79 Å². The van der Waals surface area contributed by atoms with Crippen molar-refractivity contribution in [1.29, 1.82) is 0 Å². The van der Waals surface area contributed by atoms with Gasteiger partial charge in [-0.05, 0) is 46.5 Å². The highest BCUT2D eigenvalue weighted by molar-refractivity contribution is 6.30. The molecule has 0 saturated carbocycles. The van der Waals surface area contributed by atoms with E-state index in [1.165, 1.54) is 0 Å². The van der Waals surface area contributed by atoms with Gasteiger partial charge in [-0.25, -0.2) is 4.98 Å². The molecule has 1 atom stereocenters. The van der Waals surface area contributed by atoms with Crippen LogP contribution in [0.4, 0.5) is 0 Å². The Hall–Kier alpha value is -3.63. The number of imidazole rings is 1. The molecule has 0 aliphatic carbocycles. The van der Waals surface area contributed by atoms with E-state index >= 15 is 0 Å². The Morgan fingerprint density at radius 1 is 0.875 bits per heavy atom. The molecule has 5 heteroatoms. The summed E-state index contributed by atoms with van der Waals surface area (Å²) in [7, 11) is 3.79. The highest BCUT2D eigenvalue weighted by atomic mass is 35.5. The summed E-state index contributed by atoms with van der Waals surface area (Å²) in [5, 5.41) is 1.74. The van der Waals surface area contributed by atoms with Crippen LogP contribution in [0.15, 0.2) is 96.2 Å². The van der Waals surface area contributed by atoms with Crippen molar-refractivity contribution in [2.75, 3.05) is 0 Å². The predicted octanol–water partition coefficient (Wildman–Crippen LogP) is 5.77. The largest absolute Gasteiger partial charge is 0.340 e. The molecule has 2 heterocycles. The van der Waals surface area contributed by atoms with Gasteiger partial charge in [-0.3, -0.25) is 4.79 Å².